The van der Waals surface area contributed by atoms with Gasteiger partial charge in [0, 0.05) is 52.6 Å². The van der Waals surface area contributed by atoms with Crippen LogP contribution < -0.4 is 9.64 Å². The Kier molecular flexibility index (Phi) is 10.5. The fraction of sp³-hybridized carbons (Fsp3) is 0.571. The maximum absolute atomic E-state index is 5.82. The minimum atomic E-state index is 0.605. The molecule has 0 bridgehead atoms. The molecule has 1 aliphatic heterocycles. The second kappa shape index (κ2) is 13.6. The van der Waals surface area contributed by atoms with Crippen LogP contribution in [0.1, 0.15) is 43.7 Å². The van der Waals surface area contributed by atoms with Crippen LogP contribution in [0.2, 0.25) is 0 Å². The van der Waals surface area contributed by atoms with Crippen LogP contribution in [0.15, 0.2) is 48.5 Å². The summed E-state index contributed by atoms with van der Waals surface area (Å²) in [5, 5.41) is 0. The van der Waals surface area contributed by atoms with Gasteiger partial charge in [-0.1, -0.05) is 37.6 Å². The lowest BCUT2D eigenvalue weighted by atomic mass is 10.0. The highest BCUT2D eigenvalue weighted by Crippen LogP contribution is 2.22. The molecule has 1 fully saturated rings. The van der Waals surface area contributed by atoms with E-state index in [1.54, 1.807) is 7.11 Å². The quantitative estimate of drug-likeness (QED) is 0.396. The molecule has 0 spiro atoms. The monoisotopic (exact) mass is 453 g/mol. The van der Waals surface area contributed by atoms with Crippen molar-refractivity contribution in [1.29, 1.82) is 0 Å². The number of hydrogen-bond acceptors (Lipinski definition) is 5. The average Bonchev–Trinajstić information content (AvgIpc) is 2.84. The summed E-state index contributed by atoms with van der Waals surface area (Å²) in [6.07, 6.45) is 4.68. The number of hydrogen-bond donors (Lipinski definition) is 0. The third-order valence-electron chi connectivity index (χ3n) is 6.59. The summed E-state index contributed by atoms with van der Waals surface area (Å²) in [5.74, 6) is 0.975. The van der Waals surface area contributed by atoms with Crippen molar-refractivity contribution in [3.05, 3.63) is 59.7 Å². The lowest BCUT2D eigenvalue weighted by Crippen LogP contribution is -2.45. The van der Waals surface area contributed by atoms with Gasteiger partial charge < -0.3 is 14.4 Å². The number of anilines is 1. The van der Waals surface area contributed by atoms with Crippen molar-refractivity contribution in [1.82, 2.24) is 9.80 Å². The fourth-order valence-corrected chi connectivity index (χ4v) is 4.46. The highest BCUT2D eigenvalue weighted by molar-refractivity contribution is 5.46. The molecule has 0 aromatic heterocycles. The van der Waals surface area contributed by atoms with Crippen LogP contribution in [-0.4, -0.2) is 69.9 Å². The number of ether oxygens (including phenoxy) is 2. The largest absolute Gasteiger partial charge is 0.494 e. The predicted octanol–water partition coefficient (Wildman–Crippen LogP) is 5.04. The third kappa shape index (κ3) is 8.33. The van der Waals surface area contributed by atoms with Gasteiger partial charge in [-0.05, 0) is 67.7 Å². The molecule has 33 heavy (non-hydrogen) atoms. The van der Waals surface area contributed by atoms with E-state index in [1.165, 1.54) is 29.7 Å². The fourth-order valence-electron chi connectivity index (χ4n) is 4.46. The molecule has 2 aromatic carbocycles. The van der Waals surface area contributed by atoms with Gasteiger partial charge in [0.1, 0.15) is 5.75 Å². The molecule has 0 aliphatic carbocycles. The maximum atomic E-state index is 5.82. The van der Waals surface area contributed by atoms with Crippen LogP contribution in [0.5, 0.6) is 5.75 Å². The van der Waals surface area contributed by atoms with Gasteiger partial charge in [-0.15, -0.1) is 0 Å². The Balaban J connectivity index is 1.51. The maximum Gasteiger partial charge on any atom is 0.119 e. The summed E-state index contributed by atoms with van der Waals surface area (Å²) in [5.41, 5.74) is 4.00. The standard InChI is InChI=1S/C28H43N3O2/c1-5-6-20-33-28-13-9-25(10-14-28)23-31(19-21-32-4)27-15-17-30(18-16-27)22-24-7-11-26(12-8-24)29(2)3/h7-14,27H,5-6,15-23H2,1-4H3. The van der Waals surface area contributed by atoms with Crippen LogP contribution in [-0.2, 0) is 17.8 Å². The van der Waals surface area contributed by atoms with E-state index in [-0.39, 0.29) is 0 Å². The van der Waals surface area contributed by atoms with Crippen LogP contribution in [0.4, 0.5) is 5.69 Å². The molecule has 5 heteroatoms. The molecule has 1 aliphatic rings. The summed E-state index contributed by atoms with van der Waals surface area (Å²) in [4.78, 5) is 7.36. The second-order valence-corrected chi connectivity index (χ2v) is 9.38. The van der Waals surface area contributed by atoms with Crippen molar-refractivity contribution in [3.8, 4) is 5.75 Å². The Morgan fingerprint density at radius 3 is 2.18 bits per heavy atom. The average molecular weight is 454 g/mol. The van der Waals surface area contributed by atoms with Crippen LogP contribution >= 0.6 is 0 Å². The molecule has 0 unspecified atom stereocenters. The third-order valence-corrected chi connectivity index (χ3v) is 6.59. The molecule has 2 aromatic rings. The zero-order valence-corrected chi connectivity index (χ0v) is 21.1. The smallest absolute Gasteiger partial charge is 0.119 e. The van der Waals surface area contributed by atoms with Gasteiger partial charge in [-0.3, -0.25) is 9.80 Å². The van der Waals surface area contributed by atoms with Crippen molar-refractivity contribution in [2.75, 3.05) is 59.0 Å². The first kappa shape index (κ1) is 25.5. The van der Waals surface area contributed by atoms with E-state index in [4.69, 9.17) is 9.47 Å². The van der Waals surface area contributed by atoms with Crippen molar-refractivity contribution in [2.24, 2.45) is 0 Å². The molecule has 0 radical (unpaired) electrons. The highest BCUT2D eigenvalue weighted by atomic mass is 16.5. The minimum Gasteiger partial charge on any atom is -0.494 e. The normalized spacial score (nSPS) is 15.2. The Labute approximate surface area is 201 Å². The molecule has 0 N–H and O–H groups in total. The number of likely N-dealkylation sites (tertiary alicyclic amines) is 1. The first-order valence-electron chi connectivity index (χ1n) is 12.5. The van der Waals surface area contributed by atoms with Crippen molar-refractivity contribution in [2.45, 2.75) is 51.7 Å². The van der Waals surface area contributed by atoms with Gasteiger partial charge in [-0.25, -0.2) is 0 Å². The Bertz CT molecular complexity index is 784. The van der Waals surface area contributed by atoms with Crippen molar-refractivity contribution >= 4 is 5.69 Å². The van der Waals surface area contributed by atoms with E-state index in [9.17, 15) is 0 Å². The van der Waals surface area contributed by atoms with Gasteiger partial charge in [0.15, 0.2) is 0 Å². The number of nitrogens with zero attached hydrogens (tertiary/aromatic N) is 3. The molecule has 0 amide bonds. The molecule has 182 valence electrons. The molecule has 3 rings (SSSR count). The molecule has 0 saturated carbocycles. The summed E-state index contributed by atoms with van der Waals surface area (Å²) in [7, 11) is 5.97. The molecule has 5 nitrogen and oxygen atoms in total. The van der Waals surface area contributed by atoms with E-state index in [2.05, 4.69) is 84.2 Å². The zero-order chi connectivity index (χ0) is 23.5. The summed E-state index contributed by atoms with van der Waals surface area (Å²) >= 11 is 0. The molecule has 1 saturated heterocycles. The van der Waals surface area contributed by atoms with E-state index >= 15 is 0 Å². The van der Waals surface area contributed by atoms with Crippen LogP contribution in [0.3, 0.4) is 0 Å². The molecular formula is C28H43N3O2. The van der Waals surface area contributed by atoms with E-state index < -0.39 is 0 Å². The number of benzene rings is 2. The number of unbranched alkanes of at least 4 members (excludes halogenated alkanes) is 1. The van der Waals surface area contributed by atoms with E-state index in [1.807, 2.05) is 0 Å². The first-order valence-corrected chi connectivity index (χ1v) is 12.5. The van der Waals surface area contributed by atoms with Gasteiger partial charge in [-0.2, -0.15) is 0 Å². The van der Waals surface area contributed by atoms with Gasteiger partial charge in [0.2, 0.25) is 0 Å². The number of methoxy groups -OCH3 is 1. The topological polar surface area (TPSA) is 28.2 Å². The molecular weight excluding hydrogens is 410 g/mol. The minimum absolute atomic E-state index is 0.605. The van der Waals surface area contributed by atoms with Gasteiger partial charge in [0.05, 0.1) is 13.2 Å². The van der Waals surface area contributed by atoms with Gasteiger partial charge in [0.25, 0.3) is 0 Å². The van der Waals surface area contributed by atoms with Crippen molar-refractivity contribution < 1.29 is 9.47 Å². The summed E-state index contributed by atoms with van der Waals surface area (Å²) in [6.45, 7) is 9.04. The Hall–Kier alpha value is -2.08. The second-order valence-electron chi connectivity index (χ2n) is 9.38. The molecule has 1 heterocycles. The molecule has 0 atom stereocenters. The lowest BCUT2D eigenvalue weighted by molar-refractivity contribution is 0.0717. The van der Waals surface area contributed by atoms with Crippen LogP contribution in [0.25, 0.3) is 0 Å². The van der Waals surface area contributed by atoms with Gasteiger partial charge >= 0.3 is 0 Å². The zero-order valence-electron chi connectivity index (χ0n) is 21.1. The number of piperidine rings is 1. The highest BCUT2D eigenvalue weighted by Gasteiger charge is 2.24. The predicted molar refractivity (Wildman–Crippen MR) is 138 cm³/mol. The Morgan fingerprint density at radius 1 is 0.909 bits per heavy atom. The SMILES string of the molecule is CCCCOc1ccc(CN(CCOC)C2CCN(Cc3ccc(N(C)C)cc3)CC2)cc1. The Morgan fingerprint density at radius 2 is 1.58 bits per heavy atom. The van der Waals surface area contributed by atoms with Crippen LogP contribution in [0, 0.1) is 0 Å². The van der Waals surface area contributed by atoms with E-state index in [0.717, 1.165) is 64.5 Å². The summed E-state index contributed by atoms with van der Waals surface area (Å²) < 4.78 is 11.3. The first-order chi connectivity index (χ1) is 16.1. The van der Waals surface area contributed by atoms with E-state index in [0.29, 0.717) is 6.04 Å². The lowest BCUT2D eigenvalue weighted by Gasteiger charge is -2.38. The number of rotatable bonds is 13. The van der Waals surface area contributed by atoms with Crippen molar-refractivity contribution in [3.63, 3.8) is 0 Å². The summed E-state index contributed by atoms with van der Waals surface area (Å²) in [6, 6.07) is 18.2.